The van der Waals surface area contributed by atoms with Crippen molar-refractivity contribution in [2.45, 2.75) is 45.1 Å². The number of aryl methyl sites for hydroxylation is 1. The molecule has 2 atom stereocenters. The van der Waals surface area contributed by atoms with Gasteiger partial charge in [0.2, 0.25) is 0 Å². The first-order valence-corrected chi connectivity index (χ1v) is 8.47. The molecule has 4 heteroatoms. The number of likely N-dealkylation sites (tertiary alicyclic amines) is 1. The number of carbonyl (C=O) groups is 2. The minimum absolute atomic E-state index is 0.0731. The second-order valence-corrected chi connectivity index (χ2v) is 7.05. The summed E-state index contributed by atoms with van der Waals surface area (Å²) >= 11 is 3.44. The van der Waals surface area contributed by atoms with Gasteiger partial charge >= 0.3 is 0 Å². The summed E-state index contributed by atoms with van der Waals surface area (Å²) in [6.45, 7) is 2.74. The molecule has 0 spiro atoms. The van der Waals surface area contributed by atoms with Crippen LogP contribution in [0.3, 0.4) is 0 Å². The van der Waals surface area contributed by atoms with Crippen LogP contribution in [0.5, 0.6) is 0 Å². The maximum atomic E-state index is 12.9. The van der Waals surface area contributed by atoms with Gasteiger partial charge in [0, 0.05) is 35.0 Å². The molecule has 1 aliphatic carbocycles. The van der Waals surface area contributed by atoms with Crippen LogP contribution in [0.25, 0.3) is 0 Å². The van der Waals surface area contributed by atoms with Crippen molar-refractivity contribution in [1.82, 2.24) is 4.90 Å². The van der Waals surface area contributed by atoms with Crippen molar-refractivity contribution in [3.63, 3.8) is 0 Å². The number of nitrogens with zero attached hydrogens (tertiary/aromatic N) is 1. The largest absolute Gasteiger partial charge is 0.335 e. The Labute approximate surface area is 133 Å². The first-order chi connectivity index (χ1) is 10.1. The summed E-state index contributed by atoms with van der Waals surface area (Å²) in [6, 6.07) is 5.92. The van der Waals surface area contributed by atoms with Crippen molar-refractivity contribution in [2.24, 2.45) is 5.92 Å². The zero-order chi connectivity index (χ0) is 15.0. The van der Waals surface area contributed by atoms with Gasteiger partial charge in [-0.05, 0) is 50.3 Å². The van der Waals surface area contributed by atoms with E-state index in [1.807, 2.05) is 30.0 Å². The topological polar surface area (TPSA) is 37.4 Å². The highest BCUT2D eigenvalue weighted by atomic mass is 79.9. The molecule has 1 heterocycles. The Morgan fingerprint density at radius 1 is 1.29 bits per heavy atom. The SMILES string of the molecule is Cc1ccc(Br)cc1C(=O)N1CCCC1C1CCCC1=O. The van der Waals surface area contributed by atoms with Gasteiger partial charge in [-0.25, -0.2) is 0 Å². The third-order valence-electron chi connectivity index (χ3n) is 4.81. The Hall–Kier alpha value is -1.16. The summed E-state index contributed by atoms with van der Waals surface area (Å²) in [5.41, 5.74) is 1.74. The fourth-order valence-electron chi connectivity index (χ4n) is 3.69. The van der Waals surface area contributed by atoms with Gasteiger partial charge in [0.05, 0.1) is 0 Å². The molecule has 0 N–H and O–H groups in total. The molecule has 0 aromatic heterocycles. The van der Waals surface area contributed by atoms with E-state index in [4.69, 9.17) is 0 Å². The van der Waals surface area contributed by atoms with Crippen LogP contribution < -0.4 is 0 Å². The number of hydrogen-bond donors (Lipinski definition) is 0. The van der Waals surface area contributed by atoms with E-state index in [0.29, 0.717) is 12.2 Å². The van der Waals surface area contributed by atoms with Gasteiger partial charge < -0.3 is 4.90 Å². The highest BCUT2D eigenvalue weighted by molar-refractivity contribution is 9.10. The quantitative estimate of drug-likeness (QED) is 0.815. The highest BCUT2D eigenvalue weighted by Gasteiger charge is 2.40. The van der Waals surface area contributed by atoms with Crippen LogP contribution in [0.2, 0.25) is 0 Å². The highest BCUT2D eigenvalue weighted by Crippen LogP contribution is 2.34. The van der Waals surface area contributed by atoms with Crippen molar-refractivity contribution in [3.05, 3.63) is 33.8 Å². The van der Waals surface area contributed by atoms with E-state index in [2.05, 4.69) is 15.9 Å². The monoisotopic (exact) mass is 349 g/mol. The maximum Gasteiger partial charge on any atom is 0.254 e. The standard InChI is InChI=1S/C17H20BrNO2/c1-11-7-8-12(18)10-14(11)17(21)19-9-3-5-15(19)13-4-2-6-16(13)20/h7-8,10,13,15H,2-6,9H2,1H3. The average Bonchev–Trinajstić information content (AvgIpc) is 3.08. The van der Waals surface area contributed by atoms with Crippen LogP contribution in [0.4, 0.5) is 0 Å². The Morgan fingerprint density at radius 2 is 2.10 bits per heavy atom. The van der Waals surface area contributed by atoms with Crippen LogP contribution in [0, 0.1) is 12.8 Å². The summed E-state index contributed by atoms with van der Waals surface area (Å²) in [6.07, 6.45) is 4.60. The Bertz CT molecular complexity index is 584. The average molecular weight is 350 g/mol. The number of ketones is 1. The Balaban J connectivity index is 1.86. The summed E-state index contributed by atoms with van der Waals surface area (Å²) < 4.78 is 0.920. The third kappa shape index (κ3) is 2.78. The smallest absolute Gasteiger partial charge is 0.254 e. The van der Waals surface area contributed by atoms with E-state index >= 15 is 0 Å². The van der Waals surface area contributed by atoms with Crippen molar-refractivity contribution in [1.29, 1.82) is 0 Å². The molecule has 3 nitrogen and oxygen atoms in total. The molecule has 1 saturated heterocycles. The van der Waals surface area contributed by atoms with Gasteiger partial charge in [-0.1, -0.05) is 22.0 Å². The summed E-state index contributed by atoms with van der Waals surface area (Å²) in [7, 11) is 0. The van der Waals surface area contributed by atoms with E-state index in [1.54, 1.807) is 0 Å². The molecule has 1 saturated carbocycles. The van der Waals surface area contributed by atoms with E-state index in [0.717, 1.165) is 47.8 Å². The molecule has 21 heavy (non-hydrogen) atoms. The first kappa shape index (κ1) is 14.8. The van der Waals surface area contributed by atoms with Gasteiger partial charge in [-0.3, -0.25) is 9.59 Å². The van der Waals surface area contributed by atoms with E-state index in [9.17, 15) is 9.59 Å². The van der Waals surface area contributed by atoms with Crippen LogP contribution in [-0.2, 0) is 4.79 Å². The number of Topliss-reactive ketones (excluding diaryl/α,β-unsaturated/α-hetero) is 1. The molecule has 1 aromatic rings. The van der Waals surface area contributed by atoms with Crippen molar-refractivity contribution >= 4 is 27.6 Å². The Morgan fingerprint density at radius 3 is 2.81 bits per heavy atom. The lowest BCUT2D eigenvalue weighted by Gasteiger charge is -2.29. The number of carbonyl (C=O) groups excluding carboxylic acids is 2. The molecule has 2 fully saturated rings. The van der Waals surface area contributed by atoms with Crippen molar-refractivity contribution in [3.8, 4) is 0 Å². The predicted octanol–water partition coefficient (Wildman–Crippen LogP) is 3.73. The van der Waals surface area contributed by atoms with E-state index in [-0.39, 0.29) is 17.9 Å². The molecule has 0 radical (unpaired) electrons. The fraction of sp³-hybridized carbons (Fsp3) is 0.529. The van der Waals surface area contributed by atoms with Crippen molar-refractivity contribution in [2.75, 3.05) is 6.54 Å². The molecule has 2 unspecified atom stereocenters. The Kier molecular flexibility index (Phi) is 4.16. The summed E-state index contributed by atoms with van der Waals surface area (Å²) in [4.78, 5) is 26.9. The van der Waals surface area contributed by atoms with Crippen LogP contribution >= 0.6 is 15.9 Å². The van der Waals surface area contributed by atoms with E-state index < -0.39 is 0 Å². The molecule has 0 bridgehead atoms. The van der Waals surface area contributed by atoms with Gasteiger partial charge in [-0.2, -0.15) is 0 Å². The van der Waals surface area contributed by atoms with E-state index in [1.165, 1.54) is 0 Å². The molecule has 1 amide bonds. The fourth-order valence-corrected chi connectivity index (χ4v) is 4.05. The van der Waals surface area contributed by atoms with Crippen LogP contribution in [0.15, 0.2) is 22.7 Å². The zero-order valence-electron chi connectivity index (χ0n) is 12.3. The number of benzene rings is 1. The first-order valence-electron chi connectivity index (χ1n) is 7.68. The second-order valence-electron chi connectivity index (χ2n) is 6.13. The van der Waals surface area contributed by atoms with Crippen LogP contribution in [0.1, 0.15) is 48.0 Å². The lowest BCUT2D eigenvalue weighted by Crippen LogP contribution is -2.41. The minimum atomic E-state index is 0.0731. The molecule has 1 aromatic carbocycles. The molecular weight excluding hydrogens is 330 g/mol. The lowest BCUT2D eigenvalue weighted by molar-refractivity contribution is -0.121. The predicted molar refractivity (Wildman–Crippen MR) is 85.3 cm³/mol. The van der Waals surface area contributed by atoms with Crippen molar-refractivity contribution < 1.29 is 9.59 Å². The summed E-state index contributed by atoms with van der Waals surface area (Å²) in [5.74, 6) is 0.505. The molecule has 3 rings (SSSR count). The van der Waals surface area contributed by atoms with Gasteiger partial charge in [0.1, 0.15) is 5.78 Å². The maximum absolute atomic E-state index is 12.9. The lowest BCUT2D eigenvalue weighted by atomic mass is 9.94. The normalized spacial score (nSPS) is 25.6. The summed E-state index contributed by atoms with van der Waals surface area (Å²) in [5, 5.41) is 0. The third-order valence-corrected chi connectivity index (χ3v) is 5.30. The minimum Gasteiger partial charge on any atom is -0.335 e. The zero-order valence-corrected chi connectivity index (χ0v) is 13.9. The van der Waals surface area contributed by atoms with Gasteiger partial charge in [0.25, 0.3) is 5.91 Å². The number of rotatable bonds is 2. The van der Waals surface area contributed by atoms with Gasteiger partial charge in [-0.15, -0.1) is 0 Å². The van der Waals surface area contributed by atoms with Crippen LogP contribution in [-0.4, -0.2) is 29.2 Å². The number of hydrogen-bond acceptors (Lipinski definition) is 2. The molecule has 1 aliphatic heterocycles. The number of amides is 1. The second kappa shape index (κ2) is 5.91. The van der Waals surface area contributed by atoms with Gasteiger partial charge in [0.15, 0.2) is 0 Å². The molecule has 2 aliphatic rings. The molecular formula is C17H20BrNO2. The number of halogens is 1. The molecule has 112 valence electrons.